The van der Waals surface area contributed by atoms with Crippen molar-refractivity contribution < 1.29 is 18.7 Å². The van der Waals surface area contributed by atoms with E-state index in [1.807, 2.05) is 26.0 Å². The van der Waals surface area contributed by atoms with Gasteiger partial charge in [0.05, 0.1) is 13.2 Å². The number of carbonyl (C=O) groups excluding carboxylic acids is 1. The van der Waals surface area contributed by atoms with Crippen molar-refractivity contribution in [1.82, 2.24) is 15.2 Å². The van der Waals surface area contributed by atoms with E-state index >= 15 is 0 Å². The predicted octanol–water partition coefficient (Wildman–Crippen LogP) is 3.18. The summed E-state index contributed by atoms with van der Waals surface area (Å²) in [5.41, 5.74) is 1.01. The van der Waals surface area contributed by atoms with Gasteiger partial charge in [-0.25, -0.2) is 4.98 Å². The first-order valence-electron chi connectivity index (χ1n) is 8.17. The van der Waals surface area contributed by atoms with Crippen LogP contribution in [-0.2, 0) is 0 Å². The van der Waals surface area contributed by atoms with Crippen molar-refractivity contribution in [2.24, 2.45) is 0 Å². The second-order valence-electron chi connectivity index (χ2n) is 5.11. The van der Waals surface area contributed by atoms with Crippen LogP contribution in [0.25, 0.3) is 11.5 Å². The van der Waals surface area contributed by atoms with Crippen LogP contribution in [0.15, 0.2) is 47.0 Å². The van der Waals surface area contributed by atoms with Crippen molar-refractivity contribution in [3.8, 4) is 23.1 Å². The van der Waals surface area contributed by atoms with E-state index in [4.69, 9.17) is 13.9 Å². The first-order valence-corrected chi connectivity index (χ1v) is 8.17. The van der Waals surface area contributed by atoms with Crippen LogP contribution in [0.1, 0.15) is 24.2 Å². The molecule has 0 spiro atoms. The second kappa shape index (κ2) is 8.11. The summed E-state index contributed by atoms with van der Waals surface area (Å²) in [5, 5.41) is 10.4. The van der Waals surface area contributed by atoms with Gasteiger partial charge in [0.1, 0.15) is 11.3 Å². The van der Waals surface area contributed by atoms with Gasteiger partial charge in [-0.05, 0) is 50.2 Å². The average Bonchev–Trinajstić information content (AvgIpc) is 3.12. The molecule has 3 aromatic rings. The number of hydrogen-bond donors (Lipinski definition) is 1. The summed E-state index contributed by atoms with van der Waals surface area (Å²) in [4.78, 5) is 16.4. The molecule has 3 rings (SSSR count). The van der Waals surface area contributed by atoms with Gasteiger partial charge >= 0.3 is 6.01 Å². The first kappa shape index (κ1) is 17.4. The molecule has 0 unspecified atom stereocenters. The molecule has 1 aromatic carbocycles. The minimum absolute atomic E-state index is 0.00909. The summed E-state index contributed by atoms with van der Waals surface area (Å²) < 4.78 is 16.2. The quantitative estimate of drug-likeness (QED) is 0.695. The van der Waals surface area contributed by atoms with Crippen LogP contribution >= 0.6 is 0 Å². The number of pyridine rings is 1. The zero-order valence-electron chi connectivity index (χ0n) is 14.4. The van der Waals surface area contributed by atoms with Crippen LogP contribution in [0, 0.1) is 0 Å². The number of nitrogens with one attached hydrogen (secondary N) is 1. The fraction of sp³-hybridized carbons (Fsp3) is 0.222. The molecule has 2 heterocycles. The SMILES string of the molecule is CCOc1ccc(-c2nnc(NC(=O)c3cccnc3OCC)o2)cc1. The van der Waals surface area contributed by atoms with Crippen LogP contribution in [0.2, 0.25) is 0 Å². The fourth-order valence-corrected chi connectivity index (χ4v) is 2.23. The maximum Gasteiger partial charge on any atom is 0.322 e. The Morgan fingerprint density at radius 1 is 1.08 bits per heavy atom. The Balaban J connectivity index is 1.73. The van der Waals surface area contributed by atoms with E-state index in [-0.39, 0.29) is 17.5 Å². The number of rotatable bonds is 7. The lowest BCUT2D eigenvalue weighted by Gasteiger charge is -2.07. The highest BCUT2D eigenvalue weighted by Crippen LogP contribution is 2.23. The summed E-state index contributed by atoms with van der Waals surface area (Å²) in [6.45, 7) is 4.73. The maximum atomic E-state index is 12.4. The number of nitrogens with zero attached hydrogens (tertiary/aromatic N) is 3. The third kappa shape index (κ3) is 3.97. The third-order valence-corrected chi connectivity index (χ3v) is 3.35. The van der Waals surface area contributed by atoms with Crippen molar-refractivity contribution in [3.63, 3.8) is 0 Å². The Hall–Kier alpha value is -3.42. The van der Waals surface area contributed by atoms with Crippen molar-refractivity contribution in [1.29, 1.82) is 0 Å². The molecule has 0 fully saturated rings. The molecular formula is C18H18N4O4. The molecule has 8 heteroatoms. The van der Waals surface area contributed by atoms with E-state index < -0.39 is 5.91 Å². The Morgan fingerprint density at radius 2 is 1.85 bits per heavy atom. The van der Waals surface area contributed by atoms with E-state index in [2.05, 4.69) is 20.5 Å². The molecule has 1 N–H and O–H groups in total. The molecule has 0 bridgehead atoms. The summed E-state index contributed by atoms with van der Waals surface area (Å²) in [5.74, 6) is 0.853. The topological polar surface area (TPSA) is 99.4 Å². The molecule has 0 saturated heterocycles. The van der Waals surface area contributed by atoms with Crippen LogP contribution in [0.5, 0.6) is 11.6 Å². The summed E-state index contributed by atoms with van der Waals surface area (Å²) >= 11 is 0. The number of amides is 1. The van der Waals surface area contributed by atoms with E-state index in [0.29, 0.717) is 19.1 Å². The normalized spacial score (nSPS) is 10.4. The highest BCUT2D eigenvalue weighted by molar-refractivity contribution is 6.04. The number of anilines is 1. The minimum atomic E-state index is -0.441. The Kier molecular flexibility index (Phi) is 5.43. The monoisotopic (exact) mass is 354 g/mol. The smallest absolute Gasteiger partial charge is 0.322 e. The number of benzene rings is 1. The lowest BCUT2D eigenvalue weighted by Crippen LogP contribution is -2.14. The maximum absolute atomic E-state index is 12.4. The second-order valence-corrected chi connectivity index (χ2v) is 5.11. The lowest BCUT2D eigenvalue weighted by atomic mass is 10.2. The zero-order chi connectivity index (χ0) is 18.4. The molecule has 0 saturated carbocycles. The molecule has 26 heavy (non-hydrogen) atoms. The van der Waals surface area contributed by atoms with Gasteiger partial charge in [0.25, 0.3) is 5.91 Å². The molecule has 1 amide bonds. The number of aromatic nitrogens is 3. The van der Waals surface area contributed by atoms with Gasteiger partial charge in [-0.1, -0.05) is 5.10 Å². The Bertz CT molecular complexity index is 877. The molecular weight excluding hydrogens is 336 g/mol. The van der Waals surface area contributed by atoms with Crippen LogP contribution < -0.4 is 14.8 Å². The van der Waals surface area contributed by atoms with Gasteiger partial charge in [0, 0.05) is 11.8 Å². The van der Waals surface area contributed by atoms with Gasteiger partial charge < -0.3 is 13.9 Å². The Morgan fingerprint density at radius 3 is 2.58 bits per heavy atom. The number of carbonyl (C=O) groups is 1. The van der Waals surface area contributed by atoms with E-state index in [1.54, 1.807) is 30.5 Å². The summed E-state index contributed by atoms with van der Waals surface area (Å²) in [6.07, 6.45) is 1.55. The first-order chi connectivity index (χ1) is 12.7. The van der Waals surface area contributed by atoms with Crippen molar-refractivity contribution in [2.45, 2.75) is 13.8 Å². The zero-order valence-corrected chi connectivity index (χ0v) is 14.4. The van der Waals surface area contributed by atoms with E-state index in [1.165, 1.54) is 0 Å². The highest BCUT2D eigenvalue weighted by atomic mass is 16.5. The fourth-order valence-electron chi connectivity index (χ4n) is 2.23. The van der Waals surface area contributed by atoms with Crippen LogP contribution in [-0.4, -0.2) is 34.3 Å². The van der Waals surface area contributed by atoms with Gasteiger partial charge in [-0.2, -0.15) is 0 Å². The molecule has 0 atom stereocenters. The highest BCUT2D eigenvalue weighted by Gasteiger charge is 2.17. The molecule has 0 aliphatic carbocycles. The standard InChI is InChI=1S/C18H18N4O4/c1-3-24-13-9-7-12(8-10-13)16-21-22-18(26-16)20-15(23)14-6-5-11-19-17(14)25-4-2/h5-11H,3-4H2,1-2H3,(H,20,22,23). The number of hydrogen-bond acceptors (Lipinski definition) is 7. The van der Waals surface area contributed by atoms with Crippen molar-refractivity contribution in [2.75, 3.05) is 18.5 Å². The number of ether oxygens (including phenoxy) is 2. The summed E-state index contributed by atoms with van der Waals surface area (Å²) in [7, 11) is 0. The van der Waals surface area contributed by atoms with Gasteiger partial charge in [0.15, 0.2) is 0 Å². The van der Waals surface area contributed by atoms with Crippen molar-refractivity contribution in [3.05, 3.63) is 48.2 Å². The molecule has 0 aliphatic heterocycles. The largest absolute Gasteiger partial charge is 0.494 e. The van der Waals surface area contributed by atoms with E-state index in [0.717, 1.165) is 11.3 Å². The summed E-state index contributed by atoms with van der Waals surface area (Å²) in [6, 6.07) is 10.5. The van der Waals surface area contributed by atoms with Crippen LogP contribution in [0.4, 0.5) is 6.01 Å². The van der Waals surface area contributed by atoms with Gasteiger partial charge in [0.2, 0.25) is 11.8 Å². The molecule has 0 radical (unpaired) electrons. The third-order valence-electron chi connectivity index (χ3n) is 3.35. The molecule has 134 valence electrons. The predicted molar refractivity (Wildman–Crippen MR) is 94.3 cm³/mol. The molecule has 2 aromatic heterocycles. The Labute approximate surface area is 150 Å². The van der Waals surface area contributed by atoms with Crippen molar-refractivity contribution >= 4 is 11.9 Å². The van der Waals surface area contributed by atoms with Gasteiger partial charge in [-0.15, -0.1) is 5.10 Å². The average molecular weight is 354 g/mol. The lowest BCUT2D eigenvalue weighted by molar-refractivity contribution is 0.101. The van der Waals surface area contributed by atoms with Crippen LogP contribution in [0.3, 0.4) is 0 Å². The molecule has 0 aliphatic rings. The molecule has 8 nitrogen and oxygen atoms in total. The minimum Gasteiger partial charge on any atom is -0.494 e. The van der Waals surface area contributed by atoms with Gasteiger partial charge in [-0.3, -0.25) is 10.1 Å². The van der Waals surface area contributed by atoms with E-state index in [9.17, 15) is 4.79 Å².